The number of rotatable bonds is 4. The molecule has 0 N–H and O–H groups in total. The van der Waals surface area contributed by atoms with Crippen LogP contribution < -0.4 is 4.90 Å². The Bertz CT molecular complexity index is 784. The van der Waals surface area contributed by atoms with E-state index < -0.39 is 5.92 Å². The molecule has 3 aliphatic carbocycles. The van der Waals surface area contributed by atoms with E-state index in [0.717, 1.165) is 18.4 Å². The Morgan fingerprint density at radius 3 is 2.42 bits per heavy atom. The molecule has 26 heavy (non-hydrogen) atoms. The maximum absolute atomic E-state index is 12.9. The minimum absolute atomic E-state index is 0.0157. The number of Topliss-reactive ketones (excluding diaryl/α,β-unsaturated/α-hetero) is 1. The predicted octanol–water partition coefficient (Wildman–Crippen LogP) is 1.90. The van der Waals surface area contributed by atoms with Gasteiger partial charge < -0.3 is 4.74 Å². The highest BCUT2D eigenvalue weighted by Gasteiger charge is 2.60. The summed E-state index contributed by atoms with van der Waals surface area (Å²) in [6.45, 7) is 1.66. The van der Waals surface area contributed by atoms with E-state index in [1.54, 1.807) is 12.1 Å². The average Bonchev–Trinajstić information content (AvgIpc) is 2.89. The van der Waals surface area contributed by atoms with Crippen LogP contribution in [-0.4, -0.2) is 30.2 Å². The number of carbonyl (C=O) groups is 4. The lowest BCUT2D eigenvalue weighted by molar-refractivity contribution is -0.143. The van der Waals surface area contributed by atoms with Gasteiger partial charge in [-0.25, -0.2) is 0 Å². The Labute approximate surface area is 151 Å². The fourth-order valence-electron chi connectivity index (χ4n) is 4.76. The molecular formula is C20H21NO5. The maximum atomic E-state index is 12.9. The number of nitrogens with zero attached hydrogens (tertiary/aromatic N) is 1. The van der Waals surface area contributed by atoms with Crippen LogP contribution >= 0.6 is 0 Å². The molecule has 4 unspecified atom stereocenters. The number of esters is 1. The average molecular weight is 355 g/mol. The number of amides is 2. The number of anilines is 1. The third-order valence-corrected chi connectivity index (χ3v) is 5.96. The first-order valence-electron chi connectivity index (χ1n) is 9.10. The van der Waals surface area contributed by atoms with Crippen LogP contribution in [0.3, 0.4) is 0 Å². The van der Waals surface area contributed by atoms with Crippen molar-refractivity contribution in [1.82, 2.24) is 0 Å². The van der Waals surface area contributed by atoms with Gasteiger partial charge in [-0.2, -0.15) is 0 Å². The van der Waals surface area contributed by atoms with E-state index in [2.05, 4.69) is 0 Å². The van der Waals surface area contributed by atoms with E-state index >= 15 is 0 Å². The van der Waals surface area contributed by atoms with Crippen molar-refractivity contribution in [3.05, 3.63) is 29.8 Å². The van der Waals surface area contributed by atoms with Gasteiger partial charge in [-0.05, 0) is 36.5 Å². The van der Waals surface area contributed by atoms with Gasteiger partial charge in [0.1, 0.15) is 5.78 Å². The van der Waals surface area contributed by atoms with Crippen molar-refractivity contribution < 1.29 is 23.9 Å². The highest BCUT2D eigenvalue weighted by atomic mass is 16.5. The van der Waals surface area contributed by atoms with Gasteiger partial charge in [0, 0.05) is 25.7 Å². The van der Waals surface area contributed by atoms with E-state index in [1.807, 2.05) is 12.1 Å². The van der Waals surface area contributed by atoms with E-state index in [4.69, 9.17) is 4.74 Å². The van der Waals surface area contributed by atoms with Crippen LogP contribution in [-0.2, 0) is 30.3 Å². The van der Waals surface area contributed by atoms with Gasteiger partial charge in [-0.3, -0.25) is 24.1 Å². The highest BCUT2D eigenvalue weighted by Crippen LogP contribution is 2.52. The number of carbonyl (C=O) groups excluding carboxylic acids is 4. The van der Waals surface area contributed by atoms with Crippen molar-refractivity contribution in [3.63, 3.8) is 0 Å². The molecule has 1 aliphatic heterocycles. The van der Waals surface area contributed by atoms with Crippen LogP contribution in [0.5, 0.6) is 0 Å². The molecule has 4 aliphatic rings. The van der Waals surface area contributed by atoms with E-state index in [9.17, 15) is 19.2 Å². The fourth-order valence-corrected chi connectivity index (χ4v) is 4.76. The van der Waals surface area contributed by atoms with Gasteiger partial charge in [0.05, 0.1) is 24.1 Å². The molecule has 5 rings (SSSR count). The number of imide groups is 1. The molecular weight excluding hydrogens is 334 g/mol. The summed E-state index contributed by atoms with van der Waals surface area (Å²) in [5.74, 6) is -1.62. The van der Waals surface area contributed by atoms with Crippen molar-refractivity contribution in [2.75, 3.05) is 11.5 Å². The fraction of sp³-hybridized carbons (Fsp3) is 0.500. The van der Waals surface area contributed by atoms with Crippen molar-refractivity contribution in [2.45, 2.75) is 32.6 Å². The molecule has 1 aromatic carbocycles. The largest absolute Gasteiger partial charge is 0.466 e. The van der Waals surface area contributed by atoms with Crippen molar-refractivity contribution >= 4 is 29.3 Å². The molecule has 0 radical (unpaired) electrons. The van der Waals surface area contributed by atoms with E-state index in [-0.39, 0.29) is 41.3 Å². The molecule has 1 aromatic rings. The zero-order valence-corrected chi connectivity index (χ0v) is 14.6. The van der Waals surface area contributed by atoms with Gasteiger partial charge in [-0.15, -0.1) is 0 Å². The number of hydrogen-bond donors (Lipinski definition) is 0. The second-order valence-corrected chi connectivity index (χ2v) is 7.43. The van der Waals surface area contributed by atoms with Gasteiger partial charge in [0.25, 0.3) is 0 Å². The Kier molecular flexibility index (Phi) is 4.13. The summed E-state index contributed by atoms with van der Waals surface area (Å²) >= 11 is 0. The summed E-state index contributed by atoms with van der Waals surface area (Å²) in [4.78, 5) is 50.1. The molecule has 4 fully saturated rings. The Balaban J connectivity index is 1.53. The summed E-state index contributed by atoms with van der Waals surface area (Å²) in [5.41, 5.74) is 1.51. The predicted molar refractivity (Wildman–Crippen MR) is 92.1 cm³/mol. The van der Waals surface area contributed by atoms with Gasteiger partial charge in [-0.1, -0.05) is 12.1 Å². The molecule has 136 valence electrons. The third kappa shape index (κ3) is 2.64. The first-order valence-corrected chi connectivity index (χ1v) is 9.10. The molecule has 4 atom stereocenters. The topological polar surface area (TPSA) is 80.8 Å². The van der Waals surface area contributed by atoms with Crippen LogP contribution in [0.1, 0.15) is 31.7 Å². The molecule has 2 bridgehead atoms. The van der Waals surface area contributed by atoms with Gasteiger partial charge in [0.15, 0.2) is 0 Å². The summed E-state index contributed by atoms with van der Waals surface area (Å²) in [6.07, 6.45) is 2.60. The normalized spacial score (nSPS) is 29.9. The number of ether oxygens (including phenoxy) is 1. The molecule has 1 saturated heterocycles. The molecule has 1 heterocycles. The quantitative estimate of drug-likeness (QED) is 0.609. The summed E-state index contributed by atoms with van der Waals surface area (Å²) in [6, 6.07) is 7.17. The van der Waals surface area contributed by atoms with Gasteiger partial charge in [0.2, 0.25) is 11.8 Å². The highest BCUT2D eigenvalue weighted by molar-refractivity contribution is 6.23. The first-order chi connectivity index (χ1) is 12.5. The molecule has 2 amide bonds. The molecule has 0 spiro atoms. The Morgan fingerprint density at radius 2 is 1.77 bits per heavy atom. The molecule has 6 heteroatoms. The lowest BCUT2D eigenvalue weighted by atomic mass is 9.59. The lowest BCUT2D eigenvalue weighted by Gasteiger charge is -2.41. The van der Waals surface area contributed by atoms with Crippen LogP contribution in [0.4, 0.5) is 5.69 Å². The van der Waals surface area contributed by atoms with Gasteiger partial charge >= 0.3 is 5.97 Å². The second kappa shape index (κ2) is 6.34. The summed E-state index contributed by atoms with van der Waals surface area (Å²) < 4.78 is 4.93. The Hall–Kier alpha value is -2.50. The summed E-state index contributed by atoms with van der Waals surface area (Å²) in [5, 5.41) is 0. The maximum Gasteiger partial charge on any atom is 0.302 e. The van der Waals surface area contributed by atoms with Crippen LogP contribution in [0, 0.1) is 23.7 Å². The van der Waals surface area contributed by atoms with E-state index in [1.165, 1.54) is 11.8 Å². The summed E-state index contributed by atoms with van der Waals surface area (Å²) in [7, 11) is 0. The second-order valence-electron chi connectivity index (χ2n) is 7.43. The van der Waals surface area contributed by atoms with Crippen LogP contribution in [0.2, 0.25) is 0 Å². The standard InChI is InChI=1S/C20H21NO5/c1-11(22)26-9-8-12-2-5-14(6-3-12)21-19(24)17-13-4-7-15(16(23)10-13)18(17)20(21)25/h2-3,5-6,13,15,17-18H,4,7-10H2,1H3. The molecule has 0 aromatic heterocycles. The van der Waals surface area contributed by atoms with Crippen LogP contribution in [0.25, 0.3) is 0 Å². The zero-order chi connectivity index (χ0) is 18.4. The monoisotopic (exact) mass is 355 g/mol. The smallest absolute Gasteiger partial charge is 0.302 e. The van der Waals surface area contributed by atoms with Crippen LogP contribution in [0.15, 0.2) is 24.3 Å². The number of hydrogen-bond acceptors (Lipinski definition) is 5. The third-order valence-electron chi connectivity index (χ3n) is 5.96. The lowest BCUT2D eigenvalue weighted by Crippen LogP contribution is -2.46. The minimum atomic E-state index is -0.467. The zero-order valence-electron chi connectivity index (χ0n) is 14.6. The van der Waals surface area contributed by atoms with Crippen molar-refractivity contribution in [2.24, 2.45) is 23.7 Å². The number of fused-ring (bicyclic) bond motifs is 2. The van der Waals surface area contributed by atoms with Crippen molar-refractivity contribution in [3.8, 4) is 0 Å². The molecule has 6 nitrogen and oxygen atoms in total. The van der Waals surface area contributed by atoms with E-state index in [0.29, 0.717) is 25.1 Å². The Morgan fingerprint density at radius 1 is 1.08 bits per heavy atom. The first kappa shape index (κ1) is 16.9. The number of ketones is 1. The molecule has 3 saturated carbocycles. The minimum Gasteiger partial charge on any atom is -0.466 e. The SMILES string of the molecule is CC(=O)OCCc1ccc(N2C(=O)C3C4CCC(C(=O)C4)C3C2=O)cc1. The van der Waals surface area contributed by atoms with Crippen molar-refractivity contribution in [1.29, 1.82) is 0 Å². The number of benzene rings is 1.